The second kappa shape index (κ2) is 10.3. The number of carboxylic acid groups (broad SMARTS) is 1. The quantitative estimate of drug-likeness (QED) is 0.735. The molecule has 31 heavy (non-hydrogen) atoms. The molecule has 2 fully saturated rings. The van der Waals surface area contributed by atoms with Crippen molar-refractivity contribution in [1.29, 1.82) is 0 Å². The van der Waals surface area contributed by atoms with Crippen LogP contribution in [0.5, 0.6) is 0 Å². The lowest BCUT2D eigenvalue weighted by molar-refractivity contribution is -0.192. The molecule has 172 valence electrons. The molecule has 2 aliphatic rings. The summed E-state index contributed by atoms with van der Waals surface area (Å²) in [5.74, 6) is -1.37. The first-order chi connectivity index (χ1) is 14.7. The van der Waals surface area contributed by atoms with Crippen LogP contribution in [0.2, 0.25) is 0 Å². The van der Waals surface area contributed by atoms with E-state index in [1.165, 1.54) is 44.2 Å². The van der Waals surface area contributed by atoms with Gasteiger partial charge in [-0.2, -0.15) is 18.3 Å². The monoisotopic (exact) mass is 442 g/mol. The minimum Gasteiger partial charge on any atom is -0.475 e. The summed E-state index contributed by atoms with van der Waals surface area (Å²) in [5.41, 5.74) is 3.52. The maximum absolute atomic E-state index is 10.6. The number of nitrogens with zero attached hydrogens (tertiary/aromatic N) is 5. The van der Waals surface area contributed by atoms with Crippen molar-refractivity contribution in [3.63, 3.8) is 0 Å². The fourth-order valence-electron chi connectivity index (χ4n) is 4.19. The number of halogens is 3. The van der Waals surface area contributed by atoms with Crippen LogP contribution < -0.4 is 0 Å². The van der Waals surface area contributed by atoms with Crippen LogP contribution in [0.25, 0.3) is 0 Å². The highest BCUT2D eigenvalue weighted by Gasteiger charge is 2.38. The molecule has 0 atom stereocenters. The molecule has 0 aromatic carbocycles. The summed E-state index contributed by atoms with van der Waals surface area (Å²) in [4.78, 5) is 11.4. The first kappa shape index (κ1) is 23.2. The number of alkyl halides is 3. The van der Waals surface area contributed by atoms with E-state index in [4.69, 9.17) is 9.90 Å². The normalized spacial score (nSPS) is 18.7. The van der Waals surface area contributed by atoms with Crippen molar-refractivity contribution >= 4 is 5.97 Å². The zero-order valence-electron chi connectivity index (χ0n) is 17.6. The maximum atomic E-state index is 10.6. The van der Waals surface area contributed by atoms with Gasteiger partial charge in [-0.3, -0.25) is 14.7 Å². The lowest BCUT2D eigenvalue weighted by atomic mass is 9.96. The highest BCUT2D eigenvalue weighted by Crippen LogP contribution is 2.32. The lowest BCUT2D eigenvalue weighted by Gasteiger charge is -2.31. The minimum atomic E-state index is -5.08. The van der Waals surface area contributed by atoms with E-state index in [1.54, 1.807) is 0 Å². The van der Waals surface area contributed by atoms with E-state index < -0.39 is 12.1 Å². The number of aryl methyl sites for hydroxylation is 1. The Morgan fingerprint density at radius 1 is 1.23 bits per heavy atom. The molecular weight excluding hydrogens is 413 g/mol. The number of H-pyrrole nitrogens is 1. The van der Waals surface area contributed by atoms with Gasteiger partial charge < -0.3 is 5.11 Å². The molecule has 0 radical (unpaired) electrons. The Bertz CT molecular complexity index is 836. The summed E-state index contributed by atoms with van der Waals surface area (Å²) < 4.78 is 33.8. The SMILES string of the molecule is Cc1cc(CN2CCC(Cn3cc(C4CCCC4)nn3)CC2)n[nH]1.O=C(O)C(F)(F)F. The van der Waals surface area contributed by atoms with Crippen LogP contribution in [0.1, 0.15) is 61.5 Å². The van der Waals surface area contributed by atoms with Crippen LogP contribution in [-0.4, -0.2) is 60.4 Å². The highest BCUT2D eigenvalue weighted by atomic mass is 19.4. The molecule has 0 spiro atoms. The van der Waals surface area contributed by atoms with Crippen LogP contribution in [0.4, 0.5) is 13.2 Å². The Kier molecular flexibility index (Phi) is 7.69. The summed E-state index contributed by atoms with van der Waals surface area (Å²) in [7, 11) is 0. The zero-order valence-corrected chi connectivity index (χ0v) is 17.6. The number of hydrogen-bond acceptors (Lipinski definition) is 5. The Morgan fingerprint density at radius 2 is 1.87 bits per heavy atom. The number of likely N-dealkylation sites (tertiary alicyclic amines) is 1. The van der Waals surface area contributed by atoms with Gasteiger partial charge in [0, 0.05) is 30.9 Å². The van der Waals surface area contributed by atoms with E-state index in [-0.39, 0.29) is 0 Å². The molecule has 1 saturated heterocycles. The van der Waals surface area contributed by atoms with E-state index in [2.05, 4.69) is 49.3 Å². The van der Waals surface area contributed by atoms with E-state index in [1.807, 2.05) is 0 Å². The van der Waals surface area contributed by atoms with Gasteiger partial charge in [-0.25, -0.2) is 4.79 Å². The fraction of sp³-hybridized carbons (Fsp3) is 0.700. The summed E-state index contributed by atoms with van der Waals surface area (Å²) in [5, 5.41) is 23.3. The van der Waals surface area contributed by atoms with Gasteiger partial charge in [0.05, 0.1) is 11.4 Å². The number of aromatic nitrogens is 5. The number of carbonyl (C=O) groups is 1. The summed E-state index contributed by atoms with van der Waals surface area (Å²) in [6, 6.07) is 2.14. The van der Waals surface area contributed by atoms with Crippen molar-refractivity contribution < 1.29 is 23.1 Å². The standard InChI is InChI=1S/C18H28N6.C2HF3O2/c1-14-10-17(20-19-14)12-23-8-6-15(7-9-23)11-24-13-18(21-22-24)16-4-2-3-5-16;3-2(4,5)1(6)7/h10,13,15-16H,2-9,11-12H2,1H3,(H,19,20);(H,6,7). The number of rotatable bonds is 5. The number of nitrogens with one attached hydrogen (secondary N) is 1. The fourth-order valence-corrected chi connectivity index (χ4v) is 4.19. The third kappa shape index (κ3) is 7.05. The number of aromatic amines is 1. The molecule has 1 aliphatic carbocycles. The zero-order chi connectivity index (χ0) is 22.4. The van der Waals surface area contributed by atoms with Gasteiger partial charge in [0.1, 0.15) is 0 Å². The largest absolute Gasteiger partial charge is 0.490 e. The van der Waals surface area contributed by atoms with Crippen LogP contribution in [0, 0.1) is 12.8 Å². The molecule has 0 unspecified atom stereocenters. The third-order valence-corrected chi connectivity index (χ3v) is 5.87. The molecular formula is C20H29F3N6O2. The van der Waals surface area contributed by atoms with Crippen LogP contribution in [0.3, 0.4) is 0 Å². The second-order valence-electron chi connectivity index (χ2n) is 8.41. The molecule has 1 aliphatic heterocycles. The van der Waals surface area contributed by atoms with Gasteiger partial charge in [0.2, 0.25) is 0 Å². The Morgan fingerprint density at radius 3 is 2.42 bits per heavy atom. The highest BCUT2D eigenvalue weighted by molar-refractivity contribution is 5.73. The van der Waals surface area contributed by atoms with Crippen LogP contribution >= 0.6 is 0 Å². The Balaban J connectivity index is 0.000000339. The van der Waals surface area contributed by atoms with Crippen molar-refractivity contribution in [2.24, 2.45) is 5.92 Å². The molecule has 0 amide bonds. The molecule has 3 heterocycles. The summed E-state index contributed by atoms with van der Waals surface area (Å²) >= 11 is 0. The van der Waals surface area contributed by atoms with Gasteiger partial charge in [0.25, 0.3) is 0 Å². The summed E-state index contributed by atoms with van der Waals surface area (Å²) in [6.45, 7) is 6.35. The maximum Gasteiger partial charge on any atom is 0.490 e. The van der Waals surface area contributed by atoms with Crippen molar-refractivity contribution in [3.05, 3.63) is 29.3 Å². The molecule has 2 aromatic heterocycles. The van der Waals surface area contributed by atoms with Gasteiger partial charge in [-0.1, -0.05) is 18.1 Å². The van der Waals surface area contributed by atoms with Crippen molar-refractivity contribution in [1.82, 2.24) is 30.1 Å². The van der Waals surface area contributed by atoms with Gasteiger partial charge in [0.15, 0.2) is 0 Å². The van der Waals surface area contributed by atoms with Gasteiger partial charge in [-0.15, -0.1) is 5.10 Å². The third-order valence-electron chi connectivity index (χ3n) is 5.87. The van der Waals surface area contributed by atoms with E-state index >= 15 is 0 Å². The predicted octanol–water partition coefficient (Wildman–Crippen LogP) is 3.51. The van der Waals surface area contributed by atoms with Gasteiger partial charge in [-0.05, 0) is 57.7 Å². The first-order valence-corrected chi connectivity index (χ1v) is 10.6. The average Bonchev–Trinajstić information content (AvgIpc) is 3.45. The van der Waals surface area contributed by atoms with Crippen LogP contribution in [0.15, 0.2) is 12.3 Å². The topological polar surface area (TPSA) is 99.9 Å². The van der Waals surface area contributed by atoms with Crippen LogP contribution in [-0.2, 0) is 17.9 Å². The molecule has 0 bridgehead atoms. The lowest BCUT2D eigenvalue weighted by Crippen LogP contribution is -2.34. The molecule has 2 N–H and O–H groups in total. The summed E-state index contributed by atoms with van der Waals surface area (Å²) in [6.07, 6.45) is 4.89. The number of piperidine rings is 1. The minimum absolute atomic E-state index is 0.665. The Labute approximate surface area is 178 Å². The van der Waals surface area contributed by atoms with Gasteiger partial charge >= 0.3 is 12.1 Å². The van der Waals surface area contributed by atoms with E-state index in [9.17, 15) is 13.2 Å². The van der Waals surface area contributed by atoms with Crippen molar-refractivity contribution in [3.8, 4) is 0 Å². The number of hydrogen-bond donors (Lipinski definition) is 2. The van der Waals surface area contributed by atoms with E-state index in [0.29, 0.717) is 5.92 Å². The van der Waals surface area contributed by atoms with Crippen molar-refractivity contribution in [2.45, 2.75) is 70.6 Å². The number of carboxylic acids is 1. The predicted molar refractivity (Wildman–Crippen MR) is 106 cm³/mol. The molecule has 11 heteroatoms. The molecule has 4 rings (SSSR count). The van der Waals surface area contributed by atoms with Crippen molar-refractivity contribution in [2.75, 3.05) is 13.1 Å². The first-order valence-electron chi connectivity index (χ1n) is 10.6. The second-order valence-corrected chi connectivity index (χ2v) is 8.41. The molecule has 2 aromatic rings. The molecule has 8 nitrogen and oxygen atoms in total. The average molecular weight is 442 g/mol. The van der Waals surface area contributed by atoms with E-state index in [0.717, 1.165) is 43.5 Å². The number of aliphatic carboxylic acids is 1. The molecule has 1 saturated carbocycles. The smallest absolute Gasteiger partial charge is 0.475 e. The Hall–Kier alpha value is -2.43.